The van der Waals surface area contributed by atoms with Crippen molar-refractivity contribution < 1.29 is 9.84 Å². The summed E-state index contributed by atoms with van der Waals surface area (Å²) in [7, 11) is 0. The smallest absolute Gasteiger partial charge is 0.0575 e. The molecule has 2 nitrogen and oxygen atoms in total. The van der Waals surface area contributed by atoms with Gasteiger partial charge in [-0.2, -0.15) is 0 Å². The highest BCUT2D eigenvalue weighted by Crippen LogP contribution is 2.20. The predicted molar refractivity (Wildman–Crippen MR) is 44.5 cm³/mol. The molecule has 0 atom stereocenters. The van der Waals surface area contributed by atoms with Crippen molar-refractivity contribution in [2.75, 3.05) is 13.2 Å². The van der Waals surface area contributed by atoms with Crippen molar-refractivity contribution >= 4 is 0 Å². The number of aliphatic hydroxyl groups excluding tert-OH is 1. The summed E-state index contributed by atoms with van der Waals surface area (Å²) in [5, 5.41) is 8.50. The van der Waals surface area contributed by atoms with E-state index in [-0.39, 0.29) is 0 Å². The maximum Gasteiger partial charge on any atom is 0.0575 e. The fourth-order valence-corrected chi connectivity index (χ4v) is 1.52. The molecule has 1 N–H and O–H groups in total. The molecule has 2 heteroatoms. The van der Waals surface area contributed by atoms with Gasteiger partial charge in [0, 0.05) is 13.2 Å². The summed E-state index contributed by atoms with van der Waals surface area (Å²) >= 11 is 0. The lowest BCUT2D eigenvalue weighted by Crippen LogP contribution is -2.08. The number of aliphatic hydroxyl groups is 1. The van der Waals surface area contributed by atoms with Gasteiger partial charge in [-0.15, -0.1) is 0 Å². The Morgan fingerprint density at radius 1 is 1.18 bits per heavy atom. The van der Waals surface area contributed by atoms with Gasteiger partial charge in [-0.05, 0) is 25.7 Å². The van der Waals surface area contributed by atoms with Crippen LogP contribution in [0.15, 0.2) is 0 Å². The quantitative estimate of drug-likeness (QED) is 0.617. The van der Waals surface area contributed by atoms with E-state index in [0.717, 1.165) is 19.4 Å². The summed E-state index contributed by atoms with van der Waals surface area (Å²) in [5.74, 6) is 0. The molecular formula is C9H18O2. The standard InChI is InChI=1S/C9H18O2/c10-7-3-4-8-11-9-5-1-2-6-9/h9-10H,1-8H2. The molecule has 0 aliphatic heterocycles. The van der Waals surface area contributed by atoms with Gasteiger partial charge >= 0.3 is 0 Å². The Morgan fingerprint density at radius 2 is 1.91 bits per heavy atom. The van der Waals surface area contributed by atoms with Gasteiger partial charge in [-0.3, -0.25) is 0 Å². The molecular weight excluding hydrogens is 140 g/mol. The molecule has 0 heterocycles. The fourth-order valence-electron chi connectivity index (χ4n) is 1.52. The van der Waals surface area contributed by atoms with Gasteiger partial charge < -0.3 is 9.84 Å². The molecule has 0 spiro atoms. The first-order chi connectivity index (χ1) is 5.43. The van der Waals surface area contributed by atoms with Crippen LogP contribution in [0.5, 0.6) is 0 Å². The lowest BCUT2D eigenvalue weighted by Gasteiger charge is -2.09. The van der Waals surface area contributed by atoms with Crippen molar-refractivity contribution in [2.24, 2.45) is 0 Å². The van der Waals surface area contributed by atoms with E-state index >= 15 is 0 Å². The van der Waals surface area contributed by atoms with E-state index in [9.17, 15) is 0 Å². The SMILES string of the molecule is OCCCCOC1CCCC1. The highest BCUT2D eigenvalue weighted by Gasteiger charge is 2.14. The summed E-state index contributed by atoms with van der Waals surface area (Å²) in [6, 6.07) is 0. The molecule has 11 heavy (non-hydrogen) atoms. The first-order valence-corrected chi connectivity index (χ1v) is 4.66. The zero-order valence-electron chi connectivity index (χ0n) is 7.09. The van der Waals surface area contributed by atoms with Crippen LogP contribution in [0.3, 0.4) is 0 Å². The lowest BCUT2D eigenvalue weighted by molar-refractivity contribution is 0.0536. The third kappa shape index (κ3) is 3.73. The summed E-state index contributed by atoms with van der Waals surface area (Å²) in [6.45, 7) is 1.14. The van der Waals surface area contributed by atoms with Crippen LogP contribution in [-0.4, -0.2) is 24.4 Å². The predicted octanol–water partition coefficient (Wildman–Crippen LogP) is 1.72. The largest absolute Gasteiger partial charge is 0.396 e. The molecule has 1 fully saturated rings. The van der Waals surface area contributed by atoms with Crippen LogP contribution in [0, 0.1) is 0 Å². The topological polar surface area (TPSA) is 29.5 Å². The van der Waals surface area contributed by atoms with Crippen molar-refractivity contribution in [1.82, 2.24) is 0 Å². The van der Waals surface area contributed by atoms with E-state index < -0.39 is 0 Å². The first-order valence-electron chi connectivity index (χ1n) is 4.66. The summed E-state index contributed by atoms with van der Waals surface area (Å²) in [4.78, 5) is 0. The van der Waals surface area contributed by atoms with Crippen LogP contribution in [0.25, 0.3) is 0 Å². The van der Waals surface area contributed by atoms with Crippen molar-refractivity contribution in [3.8, 4) is 0 Å². The van der Waals surface area contributed by atoms with Crippen LogP contribution in [0.2, 0.25) is 0 Å². The number of ether oxygens (including phenoxy) is 1. The molecule has 66 valence electrons. The summed E-state index contributed by atoms with van der Waals surface area (Å²) < 4.78 is 5.59. The molecule has 0 saturated heterocycles. The Bertz CT molecular complexity index is 87.6. The Balaban J connectivity index is 1.86. The minimum atomic E-state index is 0.300. The van der Waals surface area contributed by atoms with Gasteiger partial charge in [0.1, 0.15) is 0 Å². The molecule has 0 aromatic heterocycles. The summed E-state index contributed by atoms with van der Waals surface area (Å²) in [6.07, 6.45) is 7.60. The second kappa shape index (κ2) is 5.56. The number of unbranched alkanes of at least 4 members (excludes halogenated alkanes) is 1. The van der Waals surface area contributed by atoms with Gasteiger partial charge in [-0.25, -0.2) is 0 Å². The van der Waals surface area contributed by atoms with Crippen LogP contribution >= 0.6 is 0 Å². The van der Waals surface area contributed by atoms with E-state index in [0.29, 0.717) is 12.7 Å². The van der Waals surface area contributed by atoms with Crippen molar-refractivity contribution in [2.45, 2.75) is 44.6 Å². The maximum atomic E-state index is 8.50. The average Bonchev–Trinajstić information content (AvgIpc) is 2.50. The highest BCUT2D eigenvalue weighted by atomic mass is 16.5. The van der Waals surface area contributed by atoms with Gasteiger partial charge in [0.2, 0.25) is 0 Å². The van der Waals surface area contributed by atoms with E-state index in [1.165, 1.54) is 25.7 Å². The van der Waals surface area contributed by atoms with Gasteiger partial charge in [-0.1, -0.05) is 12.8 Å². The zero-order valence-corrected chi connectivity index (χ0v) is 7.09. The average molecular weight is 158 g/mol. The molecule has 0 unspecified atom stereocenters. The van der Waals surface area contributed by atoms with Crippen LogP contribution < -0.4 is 0 Å². The third-order valence-corrected chi connectivity index (χ3v) is 2.21. The van der Waals surface area contributed by atoms with Gasteiger partial charge in [0.25, 0.3) is 0 Å². The minimum Gasteiger partial charge on any atom is -0.396 e. The van der Waals surface area contributed by atoms with E-state index in [2.05, 4.69) is 0 Å². The van der Waals surface area contributed by atoms with Crippen LogP contribution in [0.1, 0.15) is 38.5 Å². The third-order valence-electron chi connectivity index (χ3n) is 2.21. The molecule has 1 saturated carbocycles. The van der Waals surface area contributed by atoms with Crippen molar-refractivity contribution in [3.63, 3.8) is 0 Å². The number of hydrogen-bond donors (Lipinski definition) is 1. The summed E-state index contributed by atoms with van der Waals surface area (Å²) in [5.41, 5.74) is 0. The number of hydrogen-bond acceptors (Lipinski definition) is 2. The second-order valence-electron chi connectivity index (χ2n) is 3.21. The monoisotopic (exact) mass is 158 g/mol. The molecule has 0 aromatic rings. The molecule has 0 aromatic carbocycles. The van der Waals surface area contributed by atoms with Crippen molar-refractivity contribution in [3.05, 3.63) is 0 Å². The molecule has 1 rings (SSSR count). The zero-order chi connectivity index (χ0) is 7.94. The molecule has 1 aliphatic rings. The Kier molecular flexibility index (Phi) is 4.55. The minimum absolute atomic E-state index is 0.300. The maximum absolute atomic E-state index is 8.50. The van der Waals surface area contributed by atoms with Crippen LogP contribution in [-0.2, 0) is 4.74 Å². The molecule has 0 amide bonds. The van der Waals surface area contributed by atoms with E-state index in [4.69, 9.17) is 9.84 Å². The Morgan fingerprint density at radius 3 is 2.55 bits per heavy atom. The first kappa shape index (κ1) is 9.01. The fraction of sp³-hybridized carbons (Fsp3) is 1.00. The lowest BCUT2D eigenvalue weighted by atomic mass is 10.3. The van der Waals surface area contributed by atoms with E-state index in [1.54, 1.807) is 0 Å². The Labute approximate surface area is 68.6 Å². The van der Waals surface area contributed by atoms with Gasteiger partial charge in [0.05, 0.1) is 6.10 Å². The molecule has 1 aliphatic carbocycles. The molecule has 0 radical (unpaired) electrons. The molecule has 0 bridgehead atoms. The number of rotatable bonds is 5. The normalized spacial score (nSPS) is 19.4. The van der Waals surface area contributed by atoms with Gasteiger partial charge in [0.15, 0.2) is 0 Å². The van der Waals surface area contributed by atoms with E-state index in [1.807, 2.05) is 0 Å². The van der Waals surface area contributed by atoms with Crippen LogP contribution in [0.4, 0.5) is 0 Å². The Hall–Kier alpha value is -0.0800. The second-order valence-corrected chi connectivity index (χ2v) is 3.21. The highest BCUT2D eigenvalue weighted by molar-refractivity contribution is 4.66. The van der Waals surface area contributed by atoms with Crippen molar-refractivity contribution in [1.29, 1.82) is 0 Å².